The molecule has 0 aromatic heterocycles. The molecule has 2 rings (SSSR count). The van der Waals surface area contributed by atoms with Gasteiger partial charge < -0.3 is 14.8 Å². The van der Waals surface area contributed by atoms with Crippen LogP contribution in [0.2, 0.25) is 0 Å². The number of nitrogens with one attached hydrogen (secondary N) is 1. The number of nitro benzene ring substituents is 1. The van der Waals surface area contributed by atoms with Crippen molar-refractivity contribution in [2.45, 2.75) is 19.8 Å². The Morgan fingerprint density at radius 3 is 2.59 bits per heavy atom. The first-order valence-corrected chi connectivity index (χ1v) is 7.97. The number of hydrogen-bond acceptors (Lipinski definition) is 8. The van der Waals surface area contributed by atoms with E-state index in [0.29, 0.717) is 11.3 Å². The van der Waals surface area contributed by atoms with Crippen LogP contribution in [0.15, 0.2) is 46.8 Å². The van der Waals surface area contributed by atoms with Crippen molar-refractivity contribution in [2.24, 2.45) is 0 Å². The smallest absolute Gasteiger partial charge is 0.337 e. The van der Waals surface area contributed by atoms with Gasteiger partial charge in [0.15, 0.2) is 0 Å². The molecule has 9 nitrogen and oxygen atoms in total. The highest BCUT2D eigenvalue weighted by molar-refractivity contribution is 6.00. The van der Waals surface area contributed by atoms with Gasteiger partial charge in [0, 0.05) is 17.8 Å². The van der Waals surface area contributed by atoms with Gasteiger partial charge in [-0.1, -0.05) is 12.1 Å². The Labute approximate surface area is 155 Å². The number of ether oxygens (including phenoxy) is 2. The second-order valence-corrected chi connectivity index (χ2v) is 5.56. The number of nitrogens with zero attached hydrogens (tertiary/aromatic N) is 2. The molecule has 1 heterocycles. The zero-order chi connectivity index (χ0) is 20.1. The first kappa shape index (κ1) is 19.7. The molecule has 0 spiro atoms. The van der Waals surface area contributed by atoms with Gasteiger partial charge in [0.2, 0.25) is 0 Å². The van der Waals surface area contributed by atoms with E-state index in [1.807, 2.05) is 6.07 Å². The molecule has 0 fully saturated rings. The minimum Gasteiger partial charge on any atom is -0.466 e. The van der Waals surface area contributed by atoms with E-state index in [1.165, 1.54) is 24.3 Å². The molecule has 9 heteroatoms. The molecule has 0 radical (unpaired) electrons. The monoisotopic (exact) mass is 371 g/mol. The van der Waals surface area contributed by atoms with E-state index in [1.54, 1.807) is 13.8 Å². The maximum atomic E-state index is 12.6. The number of methoxy groups -OCH3 is 1. The minimum atomic E-state index is -1.05. The van der Waals surface area contributed by atoms with Gasteiger partial charge in [-0.15, -0.1) is 0 Å². The van der Waals surface area contributed by atoms with Gasteiger partial charge in [-0.2, -0.15) is 5.26 Å². The fourth-order valence-corrected chi connectivity index (χ4v) is 2.88. The molecule has 140 valence electrons. The summed E-state index contributed by atoms with van der Waals surface area (Å²) in [6.07, 6.45) is 0. The van der Waals surface area contributed by atoms with E-state index in [0.717, 1.165) is 7.11 Å². The Balaban J connectivity index is 2.77. The number of benzene rings is 1. The van der Waals surface area contributed by atoms with Gasteiger partial charge >= 0.3 is 11.9 Å². The van der Waals surface area contributed by atoms with Crippen LogP contribution in [0, 0.1) is 21.4 Å². The number of rotatable bonds is 5. The van der Waals surface area contributed by atoms with Gasteiger partial charge in [0.25, 0.3) is 5.69 Å². The van der Waals surface area contributed by atoms with Gasteiger partial charge in [-0.05, 0) is 19.4 Å². The lowest BCUT2D eigenvalue weighted by Gasteiger charge is -2.29. The summed E-state index contributed by atoms with van der Waals surface area (Å²) in [5, 5.41) is 23.3. The molecule has 1 atom stereocenters. The highest BCUT2D eigenvalue weighted by Crippen LogP contribution is 2.40. The molecule has 0 saturated heterocycles. The number of non-ortho nitro benzene ring substituents is 1. The molecule has 1 aliphatic heterocycles. The lowest BCUT2D eigenvalue weighted by molar-refractivity contribution is -0.384. The number of esters is 2. The van der Waals surface area contributed by atoms with Gasteiger partial charge in [-0.25, -0.2) is 9.59 Å². The van der Waals surface area contributed by atoms with Crippen LogP contribution in [0.3, 0.4) is 0 Å². The maximum absolute atomic E-state index is 12.6. The number of nitro groups is 1. The third-order valence-corrected chi connectivity index (χ3v) is 3.99. The summed E-state index contributed by atoms with van der Waals surface area (Å²) in [4.78, 5) is 35.5. The van der Waals surface area contributed by atoms with Crippen LogP contribution in [-0.4, -0.2) is 30.6 Å². The molecule has 0 aliphatic carbocycles. The van der Waals surface area contributed by atoms with Crippen LogP contribution >= 0.6 is 0 Å². The normalized spacial score (nSPS) is 16.3. The third-order valence-electron chi connectivity index (χ3n) is 3.99. The predicted molar refractivity (Wildman–Crippen MR) is 93.0 cm³/mol. The number of allylic oxidation sites excluding steroid dienone is 2. The van der Waals surface area contributed by atoms with E-state index >= 15 is 0 Å². The number of nitriles is 1. The molecular weight excluding hydrogens is 354 g/mol. The lowest BCUT2D eigenvalue weighted by atomic mass is 9.80. The minimum absolute atomic E-state index is 0.0803. The molecule has 1 N–H and O–H groups in total. The van der Waals surface area contributed by atoms with Crippen molar-refractivity contribution in [1.29, 1.82) is 5.26 Å². The fraction of sp³-hybridized carbons (Fsp3) is 0.278. The maximum Gasteiger partial charge on any atom is 0.337 e. The van der Waals surface area contributed by atoms with Crippen molar-refractivity contribution in [1.82, 2.24) is 5.32 Å². The van der Waals surface area contributed by atoms with E-state index in [4.69, 9.17) is 9.47 Å². The van der Waals surface area contributed by atoms with Crippen molar-refractivity contribution in [3.63, 3.8) is 0 Å². The first-order chi connectivity index (χ1) is 12.8. The average Bonchev–Trinajstić information content (AvgIpc) is 2.66. The number of dihydropyridines is 1. The van der Waals surface area contributed by atoms with Crippen molar-refractivity contribution in [3.8, 4) is 6.07 Å². The molecule has 0 amide bonds. The molecular formula is C18H17N3O6. The summed E-state index contributed by atoms with van der Waals surface area (Å²) in [6.45, 7) is 3.28. The first-order valence-electron chi connectivity index (χ1n) is 7.97. The molecule has 0 bridgehead atoms. The Kier molecular flexibility index (Phi) is 5.92. The van der Waals surface area contributed by atoms with Crippen LogP contribution < -0.4 is 5.32 Å². The Morgan fingerprint density at radius 1 is 1.33 bits per heavy atom. The predicted octanol–water partition coefficient (Wildman–Crippen LogP) is 2.07. The van der Waals surface area contributed by atoms with Crippen LogP contribution in [0.25, 0.3) is 0 Å². The van der Waals surface area contributed by atoms with Crippen molar-refractivity contribution in [2.75, 3.05) is 13.7 Å². The van der Waals surface area contributed by atoms with E-state index < -0.39 is 22.8 Å². The number of carbonyl (C=O) groups excluding carboxylic acids is 2. The Bertz CT molecular complexity index is 910. The fourth-order valence-electron chi connectivity index (χ4n) is 2.88. The van der Waals surface area contributed by atoms with Crippen LogP contribution in [0.4, 0.5) is 5.69 Å². The summed E-state index contributed by atoms with van der Waals surface area (Å²) < 4.78 is 9.86. The quantitative estimate of drug-likeness (QED) is 0.473. The van der Waals surface area contributed by atoms with Crippen LogP contribution in [0.1, 0.15) is 25.3 Å². The van der Waals surface area contributed by atoms with Gasteiger partial charge in [-0.3, -0.25) is 10.1 Å². The molecule has 0 saturated carbocycles. The summed E-state index contributed by atoms with van der Waals surface area (Å²) in [5.74, 6) is -2.57. The summed E-state index contributed by atoms with van der Waals surface area (Å²) in [6, 6.07) is 7.39. The second kappa shape index (κ2) is 8.14. The topological polar surface area (TPSA) is 132 Å². The van der Waals surface area contributed by atoms with E-state index in [9.17, 15) is 25.0 Å². The third kappa shape index (κ3) is 3.79. The molecule has 1 aromatic carbocycles. The number of carbonyl (C=O) groups is 2. The molecule has 27 heavy (non-hydrogen) atoms. The Morgan fingerprint density at radius 2 is 2.04 bits per heavy atom. The summed E-state index contributed by atoms with van der Waals surface area (Å²) in [5.41, 5.74) is 0.264. The van der Waals surface area contributed by atoms with Crippen molar-refractivity contribution >= 4 is 17.6 Å². The van der Waals surface area contributed by atoms with Crippen molar-refractivity contribution in [3.05, 3.63) is 62.5 Å². The highest BCUT2D eigenvalue weighted by Gasteiger charge is 2.39. The molecule has 1 unspecified atom stereocenters. The highest BCUT2D eigenvalue weighted by atomic mass is 16.6. The Hall–Kier alpha value is -3.67. The summed E-state index contributed by atoms with van der Waals surface area (Å²) in [7, 11) is 1.14. The zero-order valence-electron chi connectivity index (χ0n) is 14.9. The molecule has 1 aliphatic rings. The number of hydrogen-bond donors (Lipinski definition) is 1. The second-order valence-electron chi connectivity index (χ2n) is 5.56. The van der Waals surface area contributed by atoms with Gasteiger partial charge in [0.1, 0.15) is 11.8 Å². The SMILES string of the molecule is CCOC(=O)C1=C(C)NC(C#N)=C(C(=O)OC)C1c1cccc([N+](=O)[O-])c1. The van der Waals surface area contributed by atoms with E-state index in [2.05, 4.69) is 5.32 Å². The van der Waals surface area contributed by atoms with Gasteiger partial charge in [0.05, 0.1) is 35.7 Å². The standard InChI is InChI=1S/C18H17N3O6/c1-4-27-18(23)14-10(2)20-13(9-19)16(17(22)26-3)15(14)11-6-5-7-12(8-11)21(24)25/h5-8,15,20H,4H2,1-3H3. The van der Waals surface area contributed by atoms with Crippen LogP contribution in [0.5, 0.6) is 0 Å². The largest absolute Gasteiger partial charge is 0.466 e. The summed E-state index contributed by atoms with van der Waals surface area (Å²) >= 11 is 0. The molecule has 1 aromatic rings. The zero-order valence-corrected chi connectivity index (χ0v) is 14.9. The van der Waals surface area contributed by atoms with Crippen LogP contribution in [-0.2, 0) is 19.1 Å². The van der Waals surface area contributed by atoms with E-state index in [-0.39, 0.29) is 29.1 Å². The average molecular weight is 371 g/mol. The van der Waals surface area contributed by atoms with Crippen molar-refractivity contribution < 1.29 is 24.0 Å². The lowest BCUT2D eigenvalue weighted by Crippen LogP contribution is -2.32.